The van der Waals surface area contributed by atoms with Gasteiger partial charge in [-0.05, 0) is 31.4 Å². The molecule has 0 aromatic carbocycles. The minimum Gasteiger partial charge on any atom is -0.395 e. The van der Waals surface area contributed by atoms with Gasteiger partial charge in [-0.2, -0.15) is 0 Å². The van der Waals surface area contributed by atoms with Gasteiger partial charge in [0.2, 0.25) is 0 Å². The maximum Gasteiger partial charge on any atom is 0.264 e. The number of ether oxygens (including phenoxy) is 1. The third kappa shape index (κ3) is 6.44. The van der Waals surface area contributed by atoms with Crippen LogP contribution >= 0.6 is 11.3 Å². The van der Waals surface area contributed by atoms with E-state index >= 15 is 0 Å². The van der Waals surface area contributed by atoms with Crippen molar-refractivity contribution in [3.8, 4) is 0 Å². The van der Waals surface area contributed by atoms with Crippen LogP contribution in [0.1, 0.15) is 41.7 Å². The molecule has 2 unspecified atom stereocenters. The standard InChI is InChI=1S/C16H27NO4S/c1-4-12(2)11-14-5-6-15(22-14)16(20)17(7-9-18)8-10-21-13(3)19/h5-6,12-13,18-19H,4,7-11H2,1-3H3. The molecule has 0 radical (unpaired) electrons. The Bertz CT molecular complexity index is 447. The molecule has 1 heterocycles. The molecule has 0 spiro atoms. The summed E-state index contributed by atoms with van der Waals surface area (Å²) < 4.78 is 5.06. The average Bonchev–Trinajstić information content (AvgIpc) is 2.93. The van der Waals surface area contributed by atoms with Gasteiger partial charge in [-0.1, -0.05) is 20.3 Å². The summed E-state index contributed by atoms with van der Waals surface area (Å²) in [7, 11) is 0. The van der Waals surface area contributed by atoms with Crippen LogP contribution in [-0.2, 0) is 11.2 Å². The first-order chi connectivity index (χ1) is 10.5. The lowest BCUT2D eigenvalue weighted by molar-refractivity contribution is -0.0882. The smallest absolute Gasteiger partial charge is 0.264 e. The van der Waals surface area contributed by atoms with Crippen molar-refractivity contribution in [2.24, 2.45) is 5.92 Å². The molecule has 2 N–H and O–H groups in total. The van der Waals surface area contributed by atoms with Crippen LogP contribution in [0.15, 0.2) is 12.1 Å². The Hall–Kier alpha value is -0.950. The number of carbonyl (C=O) groups excluding carboxylic acids is 1. The van der Waals surface area contributed by atoms with Gasteiger partial charge >= 0.3 is 0 Å². The number of rotatable bonds is 10. The highest BCUT2D eigenvalue weighted by molar-refractivity contribution is 7.14. The van der Waals surface area contributed by atoms with Crippen molar-refractivity contribution in [3.05, 3.63) is 21.9 Å². The second-order valence-electron chi connectivity index (χ2n) is 5.47. The van der Waals surface area contributed by atoms with E-state index in [9.17, 15) is 4.79 Å². The van der Waals surface area contributed by atoms with Crippen LogP contribution in [-0.4, -0.2) is 53.6 Å². The molecular weight excluding hydrogens is 302 g/mol. The summed E-state index contributed by atoms with van der Waals surface area (Å²) in [6.07, 6.45) is 1.25. The normalized spacial score (nSPS) is 13.9. The monoisotopic (exact) mass is 329 g/mol. The Morgan fingerprint density at radius 2 is 2.09 bits per heavy atom. The fourth-order valence-electron chi connectivity index (χ4n) is 2.02. The molecule has 1 aromatic rings. The molecule has 0 bridgehead atoms. The Balaban J connectivity index is 2.64. The van der Waals surface area contributed by atoms with Gasteiger partial charge < -0.3 is 19.8 Å². The zero-order valence-electron chi connectivity index (χ0n) is 13.6. The first kappa shape index (κ1) is 19.1. The molecule has 1 amide bonds. The summed E-state index contributed by atoms with van der Waals surface area (Å²) in [6.45, 7) is 6.66. The molecule has 0 aliphatic carbocycles. The largest absolute Gasteiger partial charge is 0.395 e. The number of thiophene rings is 1. The van der Waals surface area contributed by atoms with E-state index < -0.39 is 6.29 Å². The van der Waals surface area contributed by atoms with Crippen LogP contribution in [0.3, 0.4) is 0 Å². The van der Waals surface area contributed by atoms with E-state index in [1.54, 1.807) is 4.90 Å². The van der Waals surface area contributed by atoms with E-state index in [1.165, 1.54) is 23.1 Å². The molecule has 6 heteroatoms. The molecule has 0 aliphatic heterocycles. The second kappa shape index (κ2) is 9.94. The molecule has 0 aliphatic rings. The molecule has 126 valence electrons. The molecular formula is C16H27NO4S. The van der Waals surface area contributed by atoms with Gasteiger partial charge in [0.05, 0.1) is 18.1 Å². The second-order valence-corrected chi connectivity index (χ2v) is 6.64. The van der Waals surface area contributed by atoms with Crippen molar-refractivity contribution in [1.29, 1.82) is 0 Å². The molecule has 0 saturated carbocycles. The molecule has 0 fully saturated rings. The third-order valence-corrected chi connectivity index (χ3v) is 4.59. The minimum absolute atomic E-state index is 0.0917. The zero-order valence-corrected chi connectivity index (χ0v) is 14.4. The highest BCUT2D eigenvalue weighted by Crippen LogP contribution is 2.22. The van der Waals surface area contributed by atoms with Gasteiger partial charge in [-0.3, -0.25) is 4.79 Å². The Kier molecular flexibility index (Phi) is 8.63. The number of hydrogen-bond donors (Lipinski definition) is 2. The van der Waals surface area contributed by atoms with Crippen molar-refractivity contribution < 1.29 is 19.7 Å². The van der Waals surface area contributed by atoms with E-state index in [4.69, 9.17) is 14.9 Å². The van der Waals surface area contributed by atoms with E-state index in [0.717, 1.165) is 12.8 Å². The van der Waals surface area contributed by atoms with Gasteiger partial charge in [-0.15, -0.1) is 11.3 Å². The van der Waals surface area contributed by atoms with Crippen molar-refractivity contribution in [2.75, 3.05) is 26.3 Å². The van der Waals surface area contributed by atoms with Gasteiger partial charge in [0.1, 0.15) is 0 Å². The van der Waals surface area contributed by atoms with Crippen molar-refractivity contribution in [2.45, 2.75) is 39.9 Å². The van der Waals surface area contributed by atoms with Crippen LogP contribution in [0.5, 0.6) is 0 Å². The molecule has 2 atom stereocenters. The van der Waals surface area contributed by atoms with Crippen LogP contribution in [0.4, 0.5) is 0 Å². The summed E-state index contributed by atoms with van der Waals surface area (Å²) in [6, 6.07) is 3.86. The molecule has 1 rings (SSSR count). The number of carbonyl (C=O) groups is 1. The number of hydrogen-bond acceptors (Lipinski definition) is 5. The van der Waals surface area contributed by atoms with Crippen LogP contribution < -0.4 is 0 Å². The highest BCUT2D eigenvalue weighted by Gasteiger charge is 2.18. The number of nitrogens with zero attached hydrogens (tertiary/aromatic N) is 1. The molecule has 22 heavy (non-hydrogen) atoms. The lowest BCUT2D eigenvalue weighted by atomic mass is 10.0. The summed E-state index contributed by atoms with van der Waals surface area (Å²) in [5, 5.41) is 18.2. The third-order valence-electron chi connectivity index (χ3n) is 3.50. The van der Waals surface area contributed by atoms with Gasteiger partial charge in [0, 0.05) is 18.0 Å². The average molecular weight is 329 g/mol. The lowest BCUT2D eigenvalue weighted by Crippen LogP contribution is -2.36. The van der Waals surface area contributed by atoms with Gasteiger partial charge in [0.15, 0.2) is 6.29 Å². The van der Waals surface area contributed by atoms with E-state index in [2.05, 4.69) is 13.8 Å². The predicted molar refractivity (Wildman–Crippen MR) is 88.1 cm³/mol. The number of aliphatic hydroxyl groups excluding tert-OH is 2. The van der Waals surface area contributed by atoms with Crippen LogP contribution in [0.2, 0.25) is 0 Å². The lowest BCUT2D eigenvalue weighted by Gasteiger charge is -2.21. The Morgan fingerprint density at radius 3 is 2.68 bits per heavy atom. The Morgan fingerprint density at radius 1 is 1.36 bits per heavy atom. The SMILES string of the molecule is CCC(C)Cc1ccc(C(=O)N(CCO)CCOC(C)O)s1. The first-order valence-corrected chi connectivity index (χ1v) is 8.58. The number of amides is 1. The van der Waals surface area contributed by atoms with Crippen molar-refractivity contribution >= 4 is 17.2 Å². The summed E-state index contributed by atoms with van der Waals surface area (Å²) in [5.41, 5.74) is 0. The molecule has 1 aromatic heterocycles. The minimum atomic E-state index is -0.852. The maximum atomic E-state index is 12.5. The van der Waals surface area contributed by atoms with E-state index in [0.29, 0.717) is 17.3 Å². The fourth-order valence-corrected chi connectivity index (χ4v) is 3.15. The van der Waals surface area contributed by atoms with Crippen LogP contribution in [0.25, 0.3) is 0 Å². The number of aliphatic hydroxyl groups is 2. The van der Waals surface area contributed by atoms with E-state index in [-0.39, 0.29) is 25.7 Å². The van der Waals surface area contributed by atoms with Gasteiger partial charge in [-0.25, -0.2) is 0 Å². The summed E-state index contributed by atoms with van der Waals surface area (Å²) >= 11 is 1.52. The summed E-state index contributed by atoms with van der Waals surface area (Å²) in [5.74, 6) is 0.512. The summed E-state index contributed by atoms with van der Waals surface area (Å²) in [4.78, 5) is 15.9. The quantitative estimate of drug-likeness (QED) is 0.645. The predicted octanol–water partition coefficient (Wildman–Crippen LogP) is 2.13. The highest BCUT2D eigenvalue weighted by atomic mass is 32.1. The maximum absolute atomic E-state index is 12.5. The van der Waals surface area contributed by atoms with Crippen molar-refractivity contribution in [1.82, 2.24) is 4.90 Å². The topological polar surface area (TPSA) is 70.0 Å². The van der Waals surface area contributed by atoms with Crippen LogP contribution in [0, 0.1) is 5.92 Å². The molecule has 5 nitrogen and oxygen atoms in total. The van der Waals surface area contributed by atoms with Crippen molar-refractivity contribution in [3.63, 3.8) is 0 Å². The Labute approximate surface area is 136 Å². The zero-order chi connectivity index (χ0) is 16.5. The molecule has 0 saturated heterocycles. The fraction of sp³-hybridized carbons (Fsp3) is 0.688. The first-order valence-electron chi connectivity index (χ1n) is 7.76. The van der Waals surface area contributed by atoms with E-state index in [1.807, 2.05) is 12.1 Å². The van der Waals surface area contributed by atoms with Gasteiger partial charge in [0.25, 0.3) is 5.91 Å².